The van der Waals surface area contributed by atoms with Crippen LogP contribution in [0.4, 0.5) is 5.69 Å². The first-order chi connectivity index (χ1) is 6.56. The summed E-state index contributed by atoms with van der Waals surface area (Å²) in [4.78, 5) is 10.8. The van der Waals surface area contributed by atoms with Crippen molar-refractivity contribution in [1.29, 1.82) is 0 Å². The van der Waals surface area contributed by atoms with Crippen molar-refractivity contribution < 1.29 is 15.2 Å². The quantitative estimate of drug-likeness (QED) is 0.628. The van der Waals surface area contributed by atoms with Gasteiger partial charge < -0.3 is 5.73 Å². The van der Waals surface area contributed by atoms with Gasteiger partial charge in [-0.15, -0.1) is 5.23 Å². The largest absolute Gasteiger partial charge is 0.366 e. The van der Waals surface area contributed by atoms with Crippen molar-refractivity contribution in [2.45, 2.75) is 13.3 Å². The molecule has 0 fully saturated rings. The highest BCUT2D eigenvalue weighted by Crippen LogP contribution is 2.20. The molecule has 0 aliphatic rings. The van der Waals surface area contributed by atoms with Gasteiger partial charge in [-0.3, -0.25) is 15.2 Å². The Morgan fingerprint density at radius 1 is 1.50 bits per heavy atom. The van der Waals surface area contributed by atoms with E-state index in [-0.39, 0.29) is 16.5 Å². The summed E-state index contributed by atoms with van der Waals surface area (Å²) in [6.45, 7) is 1.87. The predicted octanol–water partition coefficient (Wildman–Crippen LogP) is 0.933. The van der Waals surface area contributed by atoms with Gasteiger partial charge in [-0.05, 0) is 24.1 Å². The molecule has 0 aliphatic carbocycles. The monoisotopic (exact) mass is 196 g/mol. The van der Waals surface area contributed by atoms with E-state index in [0.717, 1.165) is 5.56 Å². The Bertz CT molecular complexity index is 350. The Labute approximate surface area is 81.3 Å². The van der Waals surface area contributed by atoms with Crippen molar-refractivity contribution >= 4 is 11.6 Å². The van der Waals surface area contributed by atoms with Crippen LogP contribution in [0.5, 0.6) is 0 Å². The van der Waals surface area contributed by atoms with Gasteiger partial charge in [0.05, 0.1) is 5.69 Å². The van der Waals surface area contributed by atoms with Gasteiger partial charge in [-0.2, -0.15) is 0 Å². The Morgan fingerprint density at radius 3 is 2.57 bits per heavy atom. The molecule has 0 aromatic heterocycles. The van der Waals surface area contributed by atoms with Gasteiger partial charge in [0.25, 0.3) is 0 Å². The Kier molecular flexibility index (Phi) is 3.06. The van der Waals surface area contributed by atoms with E-state index in [1.807, 2.05) is 6.92 Å². The lowest BCUT2D eigenvalue weighted by molar-refractivity contribution is 0.0287. The number of carbonyl (C=O) groups is 1. The second kappa shape index (κ2) is 4.08. The van der Waals surface area contributed by atoms with Crippen LogP contribution < -0.4 is 11.0 Å². The van der Waals surface area contributed by atoms with Crippen molar-refractivity contribution in [2.75, 3.05) is 5.23 Å². The van der Waals surface area contributed by atoms with Crippen LogP contribution in [0.2, 0.25) is 0 Å². The molecular formula is C9H12N2O3. The van der Waals surface area contributed by atoms with E-state index < -0.39 is 5.91 Å². The summed E-state index contributed by atoms with van der Waals surface area (Å²) in [5.74, 6) is -0.601. The number of hydrogen-bond donors (Lipinski definition) is 3. The highest BCUT2D eigenvalue weighted by molar-refractivity contribution is 5.93. The van der Waals surface area contributed by atoms with E-state index in [1.54, 1.807) is 12.1 Å². The fourth-order valence-corrected chi connectivity index (χ4v) is 1.20. The number of nitrogens with zero attached hydrogens (tertiary/aromatic N) is 1. The first kappa shape index (κ1) is 10.5. The molecule has 1 aromatic carbocycles. The first-order valence-corrected chi connectivity index (χ1v) is 4.17. The van der Waals surface area contributed by atoms with Gasteiger partial charge in [0.1, 0.15) is 0 Å². The molecule has 0 spiro atoms. The SMILES string of the molecule is CCc1ccc(C(N)=O)cc1N(O)O. The molecule has 5 nitrogen and oxygen atoms in total. The fraction of sp³-hybridized carbons (Fsp3) is 0.222. The molecule has 4 N–H and O–H groups in total. The predicted molar refractivity (Wildman–Crippen MR) is 50.4 cm³/mol. The van der Waals surface area contributed by atoms with Gasteiger partial charge in [0.2, 0.25) is 5.91 Å². The van der Waals surface area contributed by atoms with Gasteiger partial charge >= 0.3 is 0 Å². The zero-order valence-electron chi connectivity index (χ0n) is 7.77. The summed E-state index contributed by atoms with van der Waals surface area (Å²) in [7, 11) is 0. The van der Waals surface area contributed by atoms with Crippen LogP contribution in [0.3, 0.4) is 0 Å². The van der Waals surface area contributed by atoms with E-state index in [4.69, 9.17) is 16.1 Å². The number of anilines is 1. The molecule has 1 aromatic rings. The minimum atomic E-state index is -0.601. The summed E-state index contributed by atoms with van der Waals surface area (Å²) in [5, 5.41) is 17.7. The van der Waals surface area contributed by atoms with Crippen LogP contribution in [0.25, 0.3) is 0 Å². The molecule has 0 atom stereocenters. The van der Waals surface area contributed by atoms with Crippen LogP contribution in [0.1, 0.15) is 22.8 Å². The molecule has 1 rings (SSSR count). The summed E-state index contributed by atoms with van der Waals surface area (Å²) >= 11 is 0. The van der Waals surface area contributed by atoms with Crippen LogP contribution in [0.15, 0.2) is 18.2 Å². The number of hydrogen-bond acceptors (Lipinski definition) is 4. The summed E-state index contributed by atoms with van der Waals surface area (Å²) < 4.78 is 0. The lowest BCUT2D eigenvalue weighted by atomic mass is 10.1. The maximum atomic E-state index is 10.8. The van der Waals surface area contributed by atoms with Crippen molar-refractivity contribution in [3.63, 3.8) is 0 Å². The van der Waals surface area contributed by atoms with E-state index in [0.29, 0.717) is 6.42 Å². The first-order valence-electron chi connectivity index (χ1n) is 4.17. The van der Waals surface area contributed by atoms with E-state index in [9.17, 15) is 4.79 Å². The zero-order chi connectivity index (χ0) is 10.7. The van der Waals surface area contributed by atoms with Crippen LogP contribution in [0, 0.1) is 0 Å². The summed E-state index contributed by atoms with van der Waals surface area (Å²) in [6.07, 6.45) is 0.631. The molecule has 76 valence electrons. The molecule has 0 unspecified atom stereocenters. The van der Waals surface area contributed by atoms with Crippen molar-refractivity contribution in [3.8, 4) is 0 Å². The van der Waals surface area contributed by atoms with E-state index >= 15 is 0 Å². The molecule has 0 radical (unpaired) electrons. The Balaban J connectivity index is 3.20. The molecule has 0 saturated heterocycles. The molecule has 0 saturated carbocycles. The van der Waals surface area contributed by atoms with Gasteiger partial charge in [-0.25, -0.2) is 0 Å². The average Bonchev–Trinajstić information content (AvgIpc) is 2.16. The second-order valence-electron chi connectivity index (χ2n) is 2.85. The lowest BCUT2D eigenvalue weighted by Gasteiger charge is -2.13. The van der Waals surface area contributed by atoms with Crippen LogP contribution >= 0.6 is 0 Å². The average molecular weight is 196 g/mol. The van der Waals surface area contributed by atoms with E-state index in [2.05, 4.69) is 0 Å². The normalized spacial score (nSPS) is 9.93. The number of amides is 1. The summed E-state index contributed by atoms with van der Waals surface area (Å²) in [5.41, 5.74) is 6.19. The highest BCUT2D eigenvalue weighted by atomic mass is 16.8. The van der Waals surface area contributed by atoms with Gasteiger partial charge in [-0.1, -0.05) is 13.0 Å². The number of benzene rings is 1. The molecule has 0 aliphatic heterocycles. The zero-order valence-corrected chi connectivity index (χ0v) is 7.77. The number of carbonyl (C=O) groups excluding carboxylic acids is 1. The molecule has 0 bridgehead atoms. The van der Waals surface area contributed by atoms with Gasteiger partial charge in [0, 0.05) is 5.56 Å². The standard InChI is InChI=1S/C9H12N2O3/c1-2-6-3-4-7(9(10)12)5-8(6)11(13)14/h3-5,13-14H,2H2,1H3,(H2,10,12). The maximum absolute atomic E-state index is 10.8. The van der Waals surface area contributed by atoms with Crippen LogP contribution in [-0.2, 0) is 6.42 Å². The third kappa shape index (κ3) is 2.01. The van der Waals surface area contributed by atoms with Crippen LogP contribution in [-0.4, -0.2) is 16.3 Å². The van der Waals surface area contributed by atoms with Crippen molar-refractivity contribution in [2.24, 2.45) is 5.73 Å². The Morgan fingerprint density at radius 2 is 2.14 bits per heavy atom. The van der Waals surface area contributed by atoms with E-state index in [1.165, 1.54) is 6.07 Å². The van der Waals surface area contributed by atoms with Crippen molar-refractivity contribution in [3.05, 3.63) is 29.3 Å². The molecular weight excluding hydrogens is 184 g/mol. The number of primary amides is 1. The molecule has 0 heterocycles. The third-order valence-electron chi connectivity index (χ3n) is 1.97. The number of aryl methyl sites for hydroxylation is 1. The minimum Gasteiger partial charge on any atom is -0.366 e. The summed E-state index contributed by atoms with van der Waals surface area (Å²) in [6, 6.07) is 4.52. The molecule has 5 heteroatoms. The fourth-order valence-electron chi connectivity index (χ4n) is 1.20. The number of rotatable bonds is 3. The topological polar surface area (TPSA) is 86.8 Å². The maximum Gasteiger partial charge on any atom is 0.248 e. The minimum absolute atomic E-state index is 0.00866. The third-order valence-corrected chi connectivity index (χ3v) is 1.97. The van der Waals surface area contributed by atoms with Gasteiger partial charge in [0.15, 0.2) is 0 Å². The molecule has 14 heavy (non-hydrogen) atoms. The second-order valence-corrected chi connectivity index (χ2v) is 2.85. The molecule has 1 amide bonds. The highest BCUT2D eigenvalue weighted by Gasteiger charge is 2.09. The number of nitrogens with two attached hydrogens (primary N) is 1. The van der Waals surface area contributed by atoms with Crippen molar-refractivity contribution in [1.82, 2.24) is 0 Å². The Hall–Kier alpha value is -1.59. The lowest BCUT2D eigenvalue weighted by Crippen LogP contribution is -2.16. The smallest absolute Gasteiger partial charge is 0.248 e.